The van der Waals surface area contributed by atoms with Gasteiger partial charge in [-0.2, -0.15) is 0 Å². The molecular weight excluding hydrogens is 180 g/mol. The van der Waals surface area contributed by atoms with E-state index in [1.165, 1.54) is 37.7 Å². The Morgan fingerprint density at radius 1 is 1.07 bits per heavy atom. The first-order valence-corrected chi connectivity index (χ1v) is 6.10. The summed E-state index contributed by atoms with van der Waals surface area (Å²) < 4.78 is 0. The van der Waals surface area contributed by atoms with E-state index < -0.39 is 0 Å². The number of benzene rings is 1. The smallest absolute Gasteiger partial charge is 0.0100 e. The van der Waals surface area contributed by atoms with E-state index in [-0.39, 0.29) is 0 Å². The fourth-order valence-corrected chi connectivity index (χ4v) is 2.53. The van der Waals surface area contributed by atoms with E-state index in [2.05, 4.69) is 30.8 Å². The minimum absolute atomic E-state index is 0.830. The van der Waals surface area contributed by atoms with E-state index in [4.69, 9.17) is 0 Å². The van der Waals surface area contributed by atoms with Gasteiger partial charge in [-0.3, -0.25) is 0 Å². The van der Waals surface area contributed by atoms with Gasteiger partial charge in [0, 0.05) is 0 Å². The van der Waals surface area contributed by atoms with Crippen LogP contribution in [0.5, 0.6) is 0 Å². The minimum atomic E-state index is 0.830. The standard InChI is InChI=1S/C15H20/c1-2-6-13-9-11-15(12-10-13)14-7-4-3-5-8-14/h2,9-12,14H,1,3-8H2. The molecular formula is C15H20. The summed E-state index contributed by atoms with van der Waals surface area (Å²) in [5.41, 5.74) is 2.92. The van der Waals surface area contributed by atoms with Crippen LogP contribution in [0.4, 0.5) is 0 Å². The van der Waals surface area contributed by atoms with Crippen molar-refractivity contribution in [1.82, 2.24) is 0 Å². The van der Waals surface area contributed by atoms with Crippen molar-refractivity contribution in [2.45, 2.75) is 44.4 Å². The molecule has 0 nitrogen and oxygen atoms in total. The van der Waals surface area contributed by atoms with Crippen molar-refractivity contribution in [3.8, 4) is 0 Å². The molecule has 0 spiro atoms. The third kappa shape index (κ3) is 2.71. The summed E-state index contributed by atoms with van der Waals surface area (Å²) in [7, 11) is 0. The van der Waals surface area contributed by atoms with Crippen LogP contribution in [0, 0.1) is 0 Å². The molecule has 1 aromatic carbocycles. The van der Waals surface area contributed by atoms with Crippen LogP contribution in [0.1, 0.15) is 49.1 Å². The Morgan fingerprint density at radius 2 is 1.73 bits per heavy atom. The molecule has 0 aromatic heterocycles. The quantitative estimate of drug-likeness (QED) is 0.632. The minimum Gasteiger partial charge on any atom is -0.103 e. The van der Waals surface area contributed by atoms with Crippen LogP contribution in [-0.2, 0) is 6.42 Å². The van der Waals surface area contributed by atoms with E-state index in [0.29, 0.717) is 0 Å². The molecule has 0 bridgehead atoms. The first-order chi connectivity index (χ1) is 7.40. The van der Waals surface area contributed by atoms with E-state index in [9.17, 15) is 0 Å². The Kier molecular flexibility index (Phi) is 3.60. The largest absolute Gasteiger partial charge is 0.103 e. The van der Waals surface area contributed by atoms with Crippen LogP contribution >= 0.6 is 0 Å². The molecule has 0 N–H and O–H groups in total. The molecule has 0 aliphatic heterocycles. The molecule has 1 aliphatic rings. The van der Waals surface area contributed by atoms with Crippen molar-refractivity contribution < 1.29 is 0 Å². The number of hydrogen-bond acceptors (Lipinski definition) is 0. The van der Waals surface area contributed by atoms with Crippen LogP contribution in [0.25, 0.3) is 0 Å². The normalized spacial score (nSPS) is 17.6. The lowest BCUT2D eigenvalue weighted by atomic mass is 9.84. The highest BCUT2D eigenvalue weighted by atomic mass is 14.2. The monoisotopic (exact) mass is 200 g/mol. The maximum absolute atomic E-state index is 3.77. The summed E-state index contributed by atoms with van der Waals surface area (Å²) in [6.07, 6.45) is 10.0. The molecule has 2 rings (SSSR count). The van der Waals surface area contributed by atoms with Crippen molar-refractivity contribution in [3.05, 3.63) is 48.0 Å². The second-order valence-electron chi connectivity index (χ2n) is 4.57. The van der Waals surface area contributed by atoms with Crippen molar-refractivity contribution in [3.63, 3.8) is 0 Å². The van der Waals surface area contributed by atoms with Gasteiger partial charge in [-0.05, 0) is 36.3 Å². The number of hydrogen-bond donors (Lipinski definition) is 0. The highest BCUT2D eigenvalue weighted by Crippen LogP contribution is 2.32. The lowest BCUT2D eigenvalue weighted by Crippen LogP contribution is -2.04. The van der Waals surface area contributed by atoms with Gasteiger partial charge in [0.15, 0.2) is 0 Å². The predicted molar refractivity (Wildman–Crippen MR) is 66.2 cm³/mol. The van der Waals surface area contributed by atoms with Crippen LogP contribution in [-0.4, -0.2) is 0 Å². The summed E-state index contributed by atoms with van der Waals surface area (Å²) in [6.45, 7) is 3.77. The number of allylic oxidation sites excluding steroid dienone is 1. The highest BCUT2D eigenvalue weighted by molar-refractivity contribution is 5.26. The molecule has 0 unspecified atom stereocenters. The average Bonchev–Trinajstić information content (AvgIpc) is 2.32. The van der Waals surface area contributed by atoms with Gasteiger partial charge in [-0.15, -0.1) is 6.58 Å². The first-order valence-electron chi connectivity index (χ1n) is 6.10. The van der Waals surface area contributed by atoms with E-state index in [1.54, 1.807) is 5.56 Å². The summed E-state index contributed by atoms with van der Waals surface area (Å²) >= 11 is 0. The van der Waals surface area contributed by atoms with E-state index >= 15 is 0 Å². The maximum Gasteiger partial charge on any atom is -0.0100 e. The first kappa shape index (κ1) is 10.5. The van der Waals surface area contributed by atoms with Gasteiger partial charge in [0.05, 0.1) is 0 Å². The Bertz CT molecular complexity index is 301. The Morgan fingerprint density at radius 3 is 2.33 bits per heavy atom. The Balaban J connectivity index is 2.04. The fourth-order valence-electron chi connectivity index (χ4n) is 2.53. The zero-order valence-corrected chi connectivity index (χ0v) is 9.41. The third-order valence-electron chi connectivity index (χ3n) is 3.44. The topological polar surface area (TPSA) is 0 Å². The molecule has 0 heteroatoms. The maximum atomic E-state index is 3.77. The molecule has 0 amide bonds. The van der Waals surface area contributed by atoms with Crippen molar-refractivity contribution in [1.29, 1.82) is 0 Å². The summed E-state index contributed by atoms with van der Waals surface area (Å²) in [6, 6.07) is 9.14. The lowest BCUT2D eigenvalue weighted by molar-refractivity contribution is 0.443. The average molecular weight is 200 g/mol. The molecule has 80 valence electrons. The zero-order valence-electron chi connectivity index (χ0n) is 9.41. The fraction of sp³-hybridized carbons (Fsp3) is 0.467. The molecule has 1 aliphatic carbocycles. The molecule has 0 saturated heterocycles. The SMILES string of the molecule is C=CCc1ccc(C2CCCCC2)cc1. The summed E-state index contributed by atoms with van der Waals surface area (Å²) in [5, 5.41) is 0. The molecule has 1 aromatic rings. The van der Waals surface area contributed by atoms with E-state index in [0.717, 1.165) is 12.3 Å². The highest BCUT2D eigenvalue weighted by Gasteiger charge is 2.14. The van der Waals surface area contributed by atoms with Crippen LogP contribution < -0.4 is 0 Å². The van der Waals surface area contributed by atoms with Crippen LogP contribution in [0.2, 0.25) is 0 Å². The van der Waals surface area contributed by atoms with Gasteiger partial charge < -0.3 is 0 Å². The molecule has 15 heavy (non-hydrogen) atoms. The zero-order chi connectivity index (χ0) is 10.5. The van der Waals surface area contributed by atoms with Crippen molar-refractivity contribution in [2.24, 2.45) is 0 Å². The van der Waals surface area contributed by atoms with Gasteiger partial charge >= 0.3 is 0 Å². The molecule has 1 fully saturated rings. The summed E-state index contributed by atoms with van der Waals surface area (Å²) in [4.78, 5) is 0. The van der Waals surface area contributed by atoms with Crippen molar-refractivity contribution in [2.75, 3.05) is 0 Å². The van der Waals surface area contributed by atoms with Gasteiger partial charge in [-0.1, -0.05) is 49.6 Å². The van der Waals surface area contributed by atoms with E-state index in [1.807, 2.05) is 6.08 Å². The predicted octanol–water partition coefficient (Wildman–Crippen LogP) is 4.46. The third-order valence-corrected chi connectivity index (χ3v) is 3.44. The van der Waals surface area contributed by atoms with Gasteiger partial charge in [0.1, 0.15) is 0 Å². The second kappa shape index (κ2) is 5.16. The van der Waals surface area contributed by atoms with Gasteiger partial charge in [-0.25, -0.2) is 0 Å². The Hall–Kier alpha value is -1.04. The van der Waals surface area contributed by atoms with Crippen LogP contribution in [0.3, 0.4) is 0 Å². The molecule has 0 radical (unpaired) electrons. The molecule has 0 heterocycles. The Labute approximate surface area is 93.0 Å². The number of rotatable bonds is 3. The summed E-state index contributed by atoms with van der Waals surface area (Å²) in [5.74, 6) is 0.830. The van der Waals surface area contributed by atoms with Gasteiger partial charge in [0.2, 0.25) is 0 Å². The molecule has 0 atom stereocenters. The molecule has 1 saturated carbocycles. The second-order valence-corrected chi connectivity index (χ2v) is 4.57. The lowest BCUT2D eigenvalue weighted by Gasteiger charge is -2.22. The van der Waals surface area contributed by atoms with Crippen LogP contribution in [0.15, 0.2) is 36.9 Å². The van der Waals surface area contributed by atoms with Gasteiger partial charge in [0.25, 0.3) is 0 Å². The van der Waals surface area contributed by atoms with Crippen molar-refractivity contribution >= 4 is 0 Å².